The van der Waals surface area contributed by atoms with Crippen LogP contribution in [0.2, 0.25) is 0 Å². The van der Waals surface area contributed by atoms with Crippen LogP contribution in [0.4, 0.5) is 0 Å². The first-order valence-corrected chi connectivity index (χ1v) is 6.51. The predicted octanol–water partition coefficient (Wildman–Crippen LogP) is -14.1. The summed E-state index contributed by atoms with van der Waals surface area (Å²) in [6, 6.07) is 0. The molecule has 16 heteroatoms. The van der Waals surface area contributed by atoms with Crippen LogP contribution in [0, 0.1) is 0 Å². The minimum Gasteiger partial charge on any atom is -0.412 e. The summed E-state index contributed by atoms with van der Waals surface area (Å²) in [5, 5.41) is 0. The van der Waals surface area contributed by atoms with E-state index in [2.05, 4.69) is 7.45 Å². The number of hydrogen-bond donors (Lipinski definition) is 0. The maximum atomic E-state index is 9.26. The summed E-state index contributed by atoms with van der Waals surface area (Å²) >= 11 is -6.40. The first-order chi connectivity index (χ1) is 4.54. The van der Waals surface area contributed by atoms with E-state index in [1.54, 1.807) is 0 Å². The second-order valence-electron chi connectivity index (χ2n) is 0.812. The van der Waals surface area contributed by atoms with E-state index in [4.69, 9.17) is 0 Å². The van der Waals surface area contributed by atoms with E-state index in [0.717, 1.165) is 14.2 Å². The first-order valence-electron chi connectivity index (χ1n) is 1.91. The van der Waals surface area contributed by atoms with Crippen molar-refractivity contribution in [2.75, 3.05) is 14.2 Å². The molecule has 12 N–H and O–H groups in total. The standard InChI is InChI=1S/2CH3AsO3.2Na.6H2O/c2*1-5-2(3)4;;;;;;;;/h2*1H3;;;6*1H2/q2*-1;2*+1;;;;;;. The van der Waals surface area contributed by atoms with Crippen LogP contribution in [0.1, 0.15) is 0 Å². The molecule has 2 radical (unpaired) electrons. The van der Waals surface area contributed by atoms with Crippen LogP contribution in [-0.4, -0.2) is 77.6 Å². The van der Waals surface area contributed by atoms with Gasteiger partial charge in [-0.1, -0.05) is 0 Å². The van der Waals surface area contributed by atoms with Crippen molar-refractivity contribution < 1.29 is 115 Å². The molecule has 12 nitrogen and oxygen atoms in total. The molecule has 0 aliphatic rings. The maximum Gasteiger partial charge on any atom is 1.00 e. The maximum absolute atomic E-state index is 9.26. The van der Waals surface area contributed by atoms with Gasteiger partial charge in [0, 0.05) is 0 Å². The Morgan fingerprint density at radius 2 is 0.722 bits per heavy atom. The van der Waals surface area contributed by atoms with Crippen LogP contribution < -0.4 is 67.3 Å². The monoisotopic (exact) mass is 430 g/mol. The zero-order valence-electron chi connectivity index (χ0n) is 10.3. The molecule has 0 fully saturated rings. The van der Waals surface area contributed by atoms with Crippen LogP contribution in [0.3, 0.4) is 0 Å². The molecule has 2 unspecified atom stereocenters. The second-order valence-corrected chi connectivity index (χ2v) is 4.22. The minimum atomic E-state index is -3.20. The Kier molecular flexibility index (Phi) is 241. The SMILES string of the molecule is CO[As](=O)[O-].CO[As](=O)[O-].O.O.O.O.O.O.[Na+].[Na+]. The van der Waals surface area contributed by atoms with E-state index < -0.39 is 30.5 Å². The van der Waals surface area contributed by atoms with Gasteiger partial charge in [-0.25, -0.2) is 0 Å². The van der Waals surface area contributed by atoms with Crippen LogP contribution >= 0.6 is 0 Å². The number of rotatable bonds is 2. The molecule has 0 spiro atoms. The van der Waals surface area contributed by atoms with Crippen LogP contribution in [0.5, 0.6) is 0 Å². The first kappa shape index (κ1) is 71.2. The van der Waals surface area contributed by atoms with Crippen molar-refractivity contribution in [3.05, 3.63) is 0 Å². The summed E-state index contributed by atoms with van der Waals surface area (Å²) in [4.78, 5) is 0. The van der Waals surface area contributed by atoms with Gasteiger partial charge in [-0.2, -0.15) is 0 Å². The summed E-state index contributed by atoms with van der Waals surface area (Å²) in [7, 11) is 2.28. The molecule has 0 aliphatic carbocycles. The Balaban J connectivity index is -0.00000000615. The van der Waals surface area contributed by atoms with E-state index in [-0.39, 0.29) is 92.0 Å². The van der Waals surface area contributed by atoms with Gasteiger partial charge in [0.15, 0.2) is 0 Å². The van der Waals surface area contributed by atoms with Crippen molar-refractivity contribution >= 4 is 30.5 Å². The fourth-order valence-corrected chi connectivity index (χ4v) is 0. The minimum absolute atomic E-state index is 0. The average molecular weight is 430 g/mol. The largest absolute Gasteiger partial charge is 1.00 e. The Hall–Kier alpha value is 2.32. The molecule has 0 aromatic rings. The van der Waals surface area contributed by atoms with E-state index in [1.165, 1.54) is 0 Å². The topological polar surface area (TPSA) is 288 Å². The fourth-order valence-electron chi connectivity index (χ4n) is 0. The van der Waals surface area contributed by atoms with Crippen molar-refractivity contribution in [1.82, 2.24) is 0 Å². The van der Waals surface area contributed by atoms with Gasteiger partial charge in [0.1, 0.15) is 0 Å². The molecule has 0 saturated carbocycles. The van der Waals surface area contributed by atoms with E-state index in [1.807, 2.05) is 0 Å². The van der Waals surface area contributed by atoms with E-state index in [0.29, 0.717) is 0 Å². The predicted molar refractivity (Wildman–Crippen MR) is 48.6 cm³/mol. The molecule has 2 atom stereocenters. The van der Waals surface area contributed by atoms with Gasteiger partial charge < -0.3 is 32.9 Å². The molecule has 0 heterocycles. The molecule has 0 bridgehead atoms. The molecule has 0 amide bonds. The van der Waals surface area contributed by atoms with Gasteiger partial charge in [0.2, 0.25) is 0 Å². The van der Waals surface area contributed by atoms with Gasteiger partial charge in [-0.05, 0) is 0 Å². The van der Waals surface area contributed by atoms with Crippen LogP contribution in [0.25, 0.3) is 0 Å². The fraction of sp³-hybridized carbons (Fsp3) is 1.00. The van der Waals surface area contributed by atoms with Crippen molar-refractivity contribution in [3.8, 4) is 0 Å². The summed E-state index contributed by atoms with van der Waals surface area (Å²) in [5.74, 6) is 0. The molecule has 0 saturated heterocycles. The number of hydrogen-bond acceptors (Lipinski definition) is 6. The molecule has 110 valence electrons. The Labute approximate surface area is 158 Å². The Bertz CT molecular complexity index is 111. The molecule has 0 aromatic heterocycles. The molecule has 0 aliphatic heterocycles. The van der Waals surface area contributed by atoms with Crippen molar-refractivity contribution in [1.29, 1.82) is 0 Å². The van der Waals surface area contributed by atoms with Crippen molar-refractivity contribution in [2.24, 2.45) is 0 Å². The molecule has 0 rings (SSSR count). The second kappa shape index (κ2) is 60.9. The van der Waals surface area contributed by atoms with Gasteiger partial charge in [0.05, 0.1) is 0 Å². The Morgan fingerprint density at radius 3 is 0.722 bits per heavy atom. The van der Waals surface area contributed by atoms with E-state index >= 15 is 0 Å². The van der Waals surface area contributed by atoms with E-state index in [9.17, 15) is 15.7 Å². The summed E-state index contributed by atoms with van der Waals surface area (Å²) in [6.07, 6.45) is 0. The van der Waals surface area contributed by atoms with Gasteiger partial charge in [-0.15, -0.1) is 0 Å². The average Bonchev–Trinajstić information content (AvgIpc) is 1.89. The summed E-state index contributed by atoms with van der Waals surface area (Å²) < 4.78 is 44.6. The summed E-state index contributed by atoms with van der Waals surface area (Å²) in [5.41, 5.74) is 0. The molecule has 0 aromatic carbocycles. The zero-order chi connectivity index (χ0) is 8.57. The van der Waals surface area contributed by atoms with Crippen molar-refractivity contribution in [2.45, 2.75) is 0 Å². The normalized spacial score (nSPS) is 6.22. The van der Waals surface area contributed by atoms with Gasteiger partial charge in [0.25, 0.3) is 0 Å². The van der Waals surface area contributed by atoms with Crippen LogP contribution in [-0.2, 0) is 14.9 Å². The molecule has 18 heavy (non-hydrogen) atoms. The molecular formula is C2H18As2Na2O12. The third-order valence-electron chi connectivity index (χ3n) is 0.298. The van der Waals surface area contributed by atoms with Crippen molar-refractivity contribution in [3.63, 3.8) is 0 Å². The quantitative estimate of drug-likeness (QED) is 0.383. The molecular weight excluding hydrogens is 412 g/mol. The third-order valence-corrected chi connectivity index (χ3v) is 1.55. The summed E-state index contributed by atoms with van der Waals surface area (Å²) in [6.45, 7) is 0. The van der Waals surface area contributed by atoms with Crippen LogP contribution in [0.15, 0.2) is 0 Å². The van der Waals surface area contributed by atoms with Gasteiger partial charge >= 0.3 is 127 Å². The zero-order valence-corrected chi connectivity index (χ0v) is 18.1. The third kappa shape index (κ3) is 138. The van der Waals surface area contributed by atoms with Gasteiger partial charge in [-0.3, -0.25) is 0 Å². The smallest absolute Gasteiger partial charge is 0.412 e. The Morgan fingerprint density at radius 1 is 0.667 bits per heavy atom.